The van der Waals surface area contributed by atoms with Crippen LogP contribution in [-0.4, -0.2) is 24.2 Å². The molecule has 2 heterocycles. The van der Waals surface area contributed by atoms with Crippen molar-refractivity contribution < 1.29 is 4.52 Å². The van der Waals surface area contributed by atoms with E-state index in [0.29, 0.717) is 6.54 Å². The molecule has 7 heteroatoms. The molecule has 5 nitrogen and oxygen atoms in total. The number of aromatic nitrogens is 1. The van der Waals surface area contributed by atoms with Crippen LogP contribution in [0.3, 0.4) is 0 Å². The van der Waals surface area contributed by atoms with Crippen LogP contribution in [0.1, 0.15) is 34.4 Å². The van der Waals surface area contributed by atoms with E-state index in [2.05, 4.69) is 46.1 Å². The molecule has 2 N–H and O–H groups in total. The Morgan fingerprint density at radius 3 is 2.65 bits per heavy atom. The number of hydrogen-bond acceptors (Lipinski definition) is 4. The standard InChI is InChI=1S/C16H24N4OS.HI/c1-5-17-16(19-10-15-11(2)7-9-22-15)18-8-6-14-12(3)20-21-13(14)4;/h7,9H,5-6,8,10H2,1-4H3,(H2,17,18,19);1H. The number of aliphatic imine (C=N–C) groups is 1. The topological polar surface area (TPSA) is 62.5 Å². The minimum atomic E-state index is 0. The lowest BCUT2D eigenvalue weighted by Crippen LogP contribution is -2.38. The molecule has 0 unspecified atom stereocenters. The van der Waals surface area contributed by atoms with Crippen LogP contribution in [0.15, 0.2) is 21.0 Å². The molecule has 0 aliphatic heterocycles. The molecule has 0 spiro atoms. The number of rotatable bonds is 6. The number of nitrogens with zero attached hydrogens (tertiary/aromatic N) is 2. The van der Waals surface area contributed by atoms with E-state index in [1.165, 1.54) is 16.0 Å². The smallest absolute Gasteiger partial charge is 0.191 e. The zero-order chi connectivity index (χ0) is 15.9. The van der Waals surface area contributed by atoms with Gasteiger partial charge >= 0.3 is 0 Å². The van der Waals surface area contributed by atoms with Crippen molar-refractivity contribution in [3.63, 3.8) is 0 Å². The Morgan fingerprint density at radius 2 is 2.09 bits per heavy atom. The SMILES string of the molecule is CCNC(=NCc1sccc1C)NCCc1c(C)noc1C.I. The fourth-order valence-corrected chi connectivity index (χ4v) is 3.05. The Kier molecular flexibility index (Phi) is 8.60. The predicted molar refractivity (Wildman–Crippen MR) is 107 cm³/mol. The first-order valence-electron chi connectivity index (χ1n) is 7.58. The van der Waals surface area contributed by atoms with E-state index in [0.717, 1.165) is 36.9 Å². The Hall–Kier alpha value is -1.09. The molecule has 23 heavy (non-hydrogen) atoms. The van der Waals surface area contributed by atoms with E-state index in [-0.39, 0.29) is 24.0 Å². The first-order chi connectivity index (χ1) is 10.6. The Morgan fingerprint density at radius 1 is 1.30 bits per heavy atom. The average molecular weight is 448 g/mol. The molecule has 0 bridgehead atoms. The maximum absolute atomic E-state index is 5.19. The molecule has 2 rings (SSSR count). The van der Waals surface area contributed by atoms with Crippen molar-refractivity contribution >= 4 is 41.3 Å². The predicted octanol–water partition coefficient (Wildman–Crippen LogP) is 3.58. The quantitative estimate of drug-likeness (QED) is 0.403. The second-order valence-electron chi connectivity index (χ2n) is 5.20. The van der Waals surface area contributed by atoms with Gasteiger partial charge in [0.15, 0.2) is 5.96 Å². The summed E-state index contributed by atoms with van der Waals surface area (Å²) in [7, 11) is 0. The molecule has 128 valence electrons. The number of guanidine groups is 1. The van der Waals surface area contributed by atoms with Crippen LogP contribution in [0, 0.1) is 20.8 Å². The molecule has 0 saturated heterocycles. The molecule has 0 aromatic carbocycles. The number of thiophene rings is 1. The largest absolute Gasteiger partial charge is 0.361 e. The maximum Gasteiger partial charge on any atom is 0.191 e. The maximum atomic E-state index is 5.19. The molecule has 0 radical (unpaired) electrons. The van der Waals surface area contributed by atoms with Crippen molar-refractivity contribution in [1.29, 1.82) is 0 Å². The third-order valence-electron chi connectivity index (χ3n) is 3.54. The number of aryl methyl sites for hydroxylation is 3. The van der Waals surface area contributed by atoms with Crippen LogP contribution in [-0.2, 0) is 13.0 Å². The molecule has 0 aliphatic carbocycles. The van der Waals surface area contributed by atoms with E-state index >= 15 is 0 Å². The van der Waals surface area contributed by atoms with E-state index in [1.54, 1.807) is 11.3 Å². The summed E-state index contributed by atoms with van der Waals surface area (Å²) >= 11 is 1.75. The van der Waals surface area contributed by atoms with Crippen molar-refractivity contribution in [3.05, 3.63) is 38.9 Å². The Labute approximate surface area is 159 Å². The highest BCUT2D eigenvalue weighted by atomic mass is 127. The van der Waals surface area contributed by atoms with Gasteiger partial charge < -0.3 is 15.2 Å². The van der Waals surface area contributed by atoms with Crippen LogP contribution < -0.4 is 10.6 Å². The van der Waals surface area contributed by atoms with Crippen molar-refractivity contribution in [2.24, 2.45) is 4.99 Å². The summed E-state index contributed by atoms with van der Waals surface area (Å²) in [5.41, 5.74) is 3.45. The first kappa shape index (κ1) is 20.0. The second kappa shape index (κ2) is 9.92. The summed E-state index contributed by atoms with van der Waals surface area (Å²) in [5.74, 6) is 1.75. The van der Waals surface area contributed by atoms with Crippen LogP contribution in [0.5, 0.6) is 0 Å². The monoisotopic (exact) mass is 448 g/mol. The number of hydrogen-bond donors (Lipinski definition) is 2. The second-order valence-corrected chi connectivity index (χ2v) is 6.20. The molecule has 0 fully saturated rings. The van der Waals surface area contributed by atoms with Gasteiger partial charge in [-0.2, -0.15) is 0 Å². The Balaban J connectivity index is 0.00000264. The van der Waals surface area contributed by atoms with E-state index in [1.807, 2.05) is 13.8 Å². The van der Waals surface area contributed by atoms with E-state index < -0.39 is 0 Å². The Bertz CT molecular complexity index is 616. The molecule has 2 aromatic heterocycles. The first-order valence-corrected chi connectivity index (χ1v) is 8.46. The number of nitrogens with one attached hydrogen (secondary N) is 2. The van der Waals surface area contributed by atoms with Crippen LogP contribution in [0.4, 0.5) is 0 Å². The molecule has 0 amide bonds. The van der Waals surface area contributed by atoms with Crippen molar-refractivity contribution in [2.45, 2.75) is 40.7 Å². The lowest BCUT2D eigenvalue weighted by Gasteiger charge is -2.11. The van der Waals surface area contributed by atoms with E-state index in [4.69, 9.17) is 4.52 Å². The van der Waals surface area contributed by atoms with Gasteiger partial charge in [0, 0.05) is 23.5 Å². The van der Waals surface area contributed by atoms with E-state index in [9.17, 15) is 0 Å². The molecular formula is C16H25IN4OS. The molecule has 0 atom stereocenters. The summed E-state index contributed by atoms with van der Waals surface area (Å²) in [6.45, 7) is 10.5. The normalized spacial score (nSPS) is 11.2. The van der Waals surface area contributed by atoms with Gasteiger partial charge in [-0.3, -0.25) is 0 Å². The van der Waals surface area contributed by atoms with Gasteiger partial charge in [0.05, 0.1) is 12.2 Å². The van der Waals surface area contributed by atoms with Crippen LogP contribution in [0.2, 0.25) is 0 Å². The molecule has 2 aromatic rings. The van der Waals surface area contributed by atoms with Gasteiger partial charge in [0.1, 0.15) is 5.76 Å². The van der Waals surface area contributed by atoms with Gasteiger partial charge in [-0.05, 0) is 51.1 Å². The minimum Gasteiger partial charge on any atom is -0.361 e. The van der Waals surface area contributed by atoms with Crippen molar-refractivity contribution in [3.8, 4) is 0 Å². The number of halogens is 1. The lowest BCUT2D eigenvalue weighted by molar-refractivity contribution is 0.392. The van der Waals surface area contributed by atoms with Gasteiger partial charge in [-0.1, -0.05) is 5.16 Å². The lowest BCUT2D eigenvalue weighted by atomic mass is 10.1. The van der Waals surface area contributed by atoms with Gasteiger partial charge in [0.25, 0.3) is 0 Å². The molecule has 0 aliphatic rings. The summed E-state index contributed by atoms with van der Waals surface area (Å²) in [6.07, 6.45) is 0.879. The highest BCUT2D eigenvalue weighted by Crippen LogP contribution is 2.16. The van der Waals surface area contributed by atoms with Gasteiger partial charge in [0.2, 0.25) is 0 Å². The zero-order valence-electron chi connectivity index (χ0n) is 14.1. The zero-order valence-corrected chi connectivity index (χ0v) is 17.2. The highest BCUT2D eigenvalue weighted by molar-refractivity contribution is 14.0. The third-order valence-corrected chi connectivity index (χ3v) is 4.55. The fraction of sp³-hybridized carbons (Fsp3) is 0.500. The summed E-state index contributed by atoms with van der Waals surface area (Å²) in [6, 6.07) is 2.13. The summed E-state index contributed by atoms with van der Waals surface area (Å²) < 4.78 is 5.19. The van der Waals surface area contributed by atoms with Crippen LogP contribution in [0.25, 0.3) is 0 Å². The van der Waals surface area contributed by atoms with Gasteiger partial charge in [-0.25, -0.2) is 4.99 Å². The summed E-state index contributed by atoms with van der Waals surface area (Å²) in [4.78, 5) is 5.95. The van der Waals surface area contributed by atoms with Crippen LogP contribution >= 0.6 is 35.3 Å². The molecular weight excluding hydrogens is 423 g/mol. The van der Waals surface area contributed by atoms with Crippen molar-refractivity contribution in [1.82, 2.24) is 15.8 Å². The fourth-order valence-electron chi connectivity index (χ4n) is 2.22. The minimum absolute atomic E-state index is 0. The molecule has 0 saturated carbocycles. The average Bonchev–Trinajstić information content (AvgIpc) is 3.04. The summed E-state index contributed by atoms with van der Waals surface area (Å²) in [5, 5.41) is 12.7. The third kappa shape index (κ3) is 5.80. The van der Waals surface area contributed by atoms with Crippen molar-refractivity contribution in [2.75, 3.05) is 13.1 Å². The highest BCUT2D eigenvalue weighted by Gasteiger charge is 2.08. The van der Waals surface area contributed by atoms with Gasteiger partial charge in [-0.15, -0.1) is 35.3 Å².